The maximum absolute atomic E-state index is 12.8. The smallest absolute Gasteiger partial charge is 0.324 e. The Morgan fingerprint density at radius 2 is 1.76 bits per heavy atom. The standard InChI is InChI=1S/C15H21NO4S/c1-14(2)9-10-15(3,13(17)18)16(14)21(19,20)11-12-7-5-4-6-8-12/h4-8H,9-11H2,1-3H3,(H,17,18). The quantitative estimate of drug-likeness (QED) is 0.925. The van der Waals surface area contributed by atoms with E-state index in [0.717, 1.165) is 0 Å². The van der Waals surface area contributed by atoms with Gasteiger partial charge in [-0.1, -0.05) is 30.3 Å². The molecule has 1 heterocycles. The van der Waals surface area contributed by atoms with Gasteiger partial charge in [0.2, 0.25) is 10.0 Å². The van der Waals surface area contributed by atoms with Gasteiger partial charge in [-0.3, -0.25) is 4.79 Å². The Hall–Kier alpha value is -1.40. The van der Waals surface area contributed by atoms with E-state index in [1.807, 2.05) is 6.07 Å². The maximum Gasteiger partial charge on any atom is 0.324 e. The van der Waals surface area contributed by atoms with E-state index in [0.29, 0.717) is 18.4 Å². The lowest BCUT2D eigenvalue weighted by Crippen LogP contribution is -2.57. The zero-order valence-electron chi connectivity index (χ0n) is 12.5. The highest BCUT2D eigenvalue weighted by atomic mass is 32.2. The first-order valence-electron chi connectivity index (χ1n) is 6.90. The number of nitrogens with zero attached hydrogens (tertiary/aromatic N) is 1. The summed E-state index contributed by atoms with van der Waals surface area (Å²) in [5.74, 6) is -1.27. The molecule has 0 aromatic heterocycles. The molecule has 0 saturated carbocycles. The zero-order chi connectivity index (χ0) is 15.9. The van der Waals surface area contributed by atoms with Crippen LogP contribution in [0.4, 0.5) is 0 Å². The third-order valence-electron chi connectivity index (χ3n) is 4.15. The summed E-state index contributed by atoms with van der Waals surface area (Å²) in [6.07, 6.45) is 0.854. The van der Waals surface area contributed by atoms with Crippen molar-refractivity contribution in [2.45, 2.75) is 50.4 Å². The molecule has 1 N–H and O–H groups in total. The molecule has 1 aliphatic rings. The Kier molecular flexibility index (Phi) is 3.88. The van der Waals surface area contributed by atoms with Crippen LogP contribution in [0.2, 0.25) is 0 Å². The summed E-state index contributed by atoms with van der Waals surface area (Å²) >= 11 is 0. The van der Waals surface area contributed by atoms with Gasteiger partial charge in [0.25, 0.3) is 0 Å². The fraction of sp³-hybridized carbons (Fsp3) is 0.533. The van der Waals surface area contributed by atoms with Crippen LogP contribution in [0.3, 0.4) is 0 Å². The SMILES string of the molecule is CC1(C)CCC(C)(C(=O)O)N1S(=O)(=O)Cc1ccccc1. The van der Waals surface area contributed by atoms with E-state index in [-0.39, 0.29) is 5.75 Å². The lowest BCUT2D eigenvalue weighted by Gasteiger charge is -2.38. The second kappa shape index (κ2) is 5.10. The van der Waals surface area contributed by atoms with Gasteiger partial charge in [-0.05, 0) is 39.2 Å². The fourth-order valence-electron chi connectivity index (χ4n) is 3.15. The topological polar surface area (TPSA) is 74.7 Å². The molecule has 1 unspecified atom stereocenters. The monoisotopic (exact) mass is 311 g/mol. The molecular formula is C15H21NO4S. The number of rotatable bonds is 4. The molecule has 0 amide bonds. The van der Waals surface area contributed by atoms with Crippen molar-refractivity contribution >= 4 is 16.0 Å². The van der Waals surface area contributed by atoms with E-state index in [1.165, 1.54) is 11.2 Å². The van der Waals surface area contributed by atoms with Crippen LogP contribution in [0, 0.1) is 0 Å². The first-order valence-corrected chi connectivity index (χ1v) is 8.51. The number of carbonyl (C=O) groups is 1. The Labute approximate surface area is 125 Å². The normalized spacial score (nSPS) is 25.9. The van der Waals surface area contributed by atoms with E-state index in [9.17, 15) is 18.3 Å². The zero-order valence-corrected chi connectivity index (χ0v) is 13.4. The van der Waals surface area contributed by atoms with Crippen molar-refractivity contribution in [3.8, 4) is 0 Å². The van der Waals surface area contributed by atoms with Gasteiger partial charge in [-0.15, -0.1) is 0 Å². The number of hydrogen-bond acceptors (Lipinski definition) is 3. The number of carboxylic acids is 1. The molecule has 116 valence electrons. The van der Waals surface area contributed by atoms with Crippen molar-refractivity contribution < 1.29 is 18.3 Å². The Bertz CT molecular complexity index is 639. The van der Waals surface area contributed by atoms with Crippen molar-refractivity contribution in [3.05, 3.63) is 35.9 Å². The molecule has 1 saturated heterocycles. The molecule has 1 aromatic carbocycles. The lowest BCUT2D eigenvalue weighted by atomic mass is 9.99. The van der Waals surface area contributed by atoms with Gasteiger partial charge in [0.15, 0.2) is 0 Å². The van der Waals surface area contributed by atoms with Crippen LogP contribution in [0.25, 0.3) is 0 Å². The van der Waals surface area contributed by atoms with Gasteiger partial charge >= 0.3 is 5.97 Å². The minimum Gasteiger partial charge on any atom is -0.480 e. The highest BCUT2D eigenvalue weighted by Gasteiger charge is 2.57. The number of sulfonamides is 1. The highest BCUT2D eigenvalue weighted by Crippen LogP contribution is 2.43. The largest absolute Gasteiger partial charge is 0.480 e. The lowest BCUT2D eigenvalue weighted by molar-refractivity contribution is -0.147. The van der Waals surface area contributed by atoms with Crippen LogP contribution in [0.1, 0.15) is 39.2 Å². The Morgan fingerprint density at radius 3 is 2.29 bits per heavy atom. The van der Waals surface area contributed by atoms with Crippen molar-refractivity contribution in [1.82, 2.24) is 4.31 Å². The van der Waals surface area contributed by atoms with E-state index in [1.54, 1.807) is 38.1 Å². The van der Waals surface area contributed by atoms with Crippen LogP contribution in [-0.2, 0) is 20.6 Å². The Morgan fingerprint density at radius 1 is 1.19 bits per heavy atom. The summed E-state index contributed by atoms with van der Waals surface area (Å²) in [4.78, 5) is 11.6. The van der Waals surface area contributed by atoms with Crippen LogP contribution >= 0.6 is 0 Å². The molecule has 1 atom stereocenters. The molecule has 0 spiro atoms. The molecule has 1 fully saturated rings. The number of benzene rings is 1. The maximum atomic E-state index is 12.8. The third kappa shape index (κ3) is 2.82. The minimum atomic E-state index is -3.72. The second-order valence-electron chi connectivity index (χ2n) is 6.40. The molecule has 0 aliphatic carbocycles. The van der Waals surface area contributed by atoms with E-state index in [4.69, 9.17) is 0 Å². The van der Waals surface area contributed by atoms with Gasteiger partial charge < -0.3 is 5.11 Å². The van der Waals surface area contributed by atoms with Crippen LogP contribution in [0.5, 0.6) is 0 Å². The van der Waals surface area contributed by atoms with Crippen molar-refractivity contribution in [2.24, 2.45) is 0 Å². The summed E-state index contributed by atoms with van der Waals surface area (Å²) in [5, 5.41) is 9.50. The molecule has 0 bridgehead atoms. The van der Waals surface area contributed by atoms with Crippen LogP contribution < -0.4 is 0 Å². The minimum absolute atomic E-state index is 0.180. The van der Waals surface area contributed by atoms with Crippen molar-refractivity contribution in [1.29, 1.82) is 0 Å². The predicted octanol–water partition coefficient (Wildman–Crippen LogP) is 2.23. The van der Waals surface area contributed by atoms with E-state index < -0.39 is 27.1 Å². The molecule has 21 heavy (non-hydrogen) atoms. The number of hydrogen-bond donors (Lipinski definition) is 1. The average molecular weight is 311 g/mol. The Balaban J connectivity index is 2.43. The van der Waals surface area contributed by atoms with E-state index >= 15 is 0 Å². The van der Waals surface area contributed by atoms with E-state index in [2.05, 4.69) is 0 Å². The fourth-order valence-corrected chi connectivity index (χ4v) is 5.52. The van der Waals surface area contributed by atoms with Gasteiger partial charge in [0.1, 0.15) is 5.54 Å². The molecule has 1 aromatic rings. The van der Waals surface area contributed by atoms with Gasteiger partial charge in [-0.2, -0.15) is 4.31 Å². The summed E-state index contributed by atoms with van der Waals surface area (Å²) < 4.78 is 26.8. The summed E-state index contributed by atoms with van der Waals surface area (Å²) in [6.45, 7) is 5.06. The van der Waals surface area contributed by atoms with Gasteiger partial charge in [0, 0.05) is 5.54 Å². The highest BCUT2D eigenvalue weighted by molar-refractivity contribution is 7.88. The molecule has 2 rings (SSSR count). The van der Waals surface area contributed by atoms with Crippen molar-refractivity contribution in [3.63, 3.8) is 0 Å². The predicted molar refractivity (Wildman–Crippen MR) is 80.3 cm³/mol. The molecule has 5 nitrogen and oxygen atoms in total. The molecular weight excluding hydrogens is 290 g/mol. The first kappa shape index (κ1) is 16.0. The second-order valence-corrected chi connectivity index (χ2v) is 8.22. The molecule has 1 aliphatic heterocycles. The summed E-state index contributed by atoms with van der Waals surface area (Å²) in [7, 11) is -3.72. The first-order chi connectivity index (χ1) is 9.59. The summed E-state index contributed by atoms with van der Waals surface area (Å²) in [6, 6.07) is 8.83. The number of aliphatic carboxylic acids is 1. The third-order valence-corrected chi connectivity index (χ3v) is 6.30. The summed E-state index contributed by atoms with van der Waals surface area (Å²) in [5.41, 5.74) is -1.41. The van der Waals surface area contributed by atoms with Gasteiger partial charge in [-0.25, -0.2) is 8.42 Å². The van der Waals surface area contributed by atoms with Crippen LogP contribution in [-0.4, -0.2) is 34.9 Å². The average Bonchev–Trinajstić information content (AvgIpc) is 2.62. The number of carboxylic acid groups (broad SMARTS) is 1. The molecule has 0 radical (unpaired) electrons. The van der Waals surface area contributed by atoms with Gasteiger partial charge in [0.05, 0.1) is 5.75 Å². The van der Waals surface area contributed by atoms with Crippen LogP contribution in [0.15, 0.2) is 30.3 Å². The van der Waals surface area contributed by atoms with Crippen molar-refractivity contribution in [2.75, 3.05) is 0 Å². The molecule has 6 heteroatoms.